The molecule has 1 aliphatic heterocycles. The predicted molar refractivity (Wildman–Crippen MR) is 65.0 cm³/mol. The van der Waals surface area contributed by atoms with E-state index in [1.54, 1.807) is 0 Å². The van der Waals surface area contributed by atoms with Gasteiger partial charge in [-0.1, -0.05) is 0 Å². The van der Waals surface area contributed by atoms with Crippen LogP contribution < -0.4 is 10.6 Å². The van der Waals surface area contributed by atoms with Gasteiger partial charge in [-0.05, 0) is 57.0 Å². The molecule has 0 bridgehead atoms. The van der Waals surface area contributed by atoms with Gasteiger partial charge in [0, 0.05) is 17.8 Å². The van der Waals surface area contributed by atoms with Gasteiger partial charge in [0.15, 0.2) is 0 Å². The number of hydrogen-bond acceptors (Lipinski definition) is 2. The Bertz CT molecular complexity index is 359. The zero-order valence-corrected chi connectivity index (χ0v) is 9.91. The maximum atomic E-state index is 12.9. The van der Waals surface area contributed by atoms with Crippen molar-refractivity contribution in [3.63, 3.8) is 0 Å². The average molecular weight is 222 g/mol. The van der Waals surface area contributed by atoms with Crippen LogP contribution in [0.3, 0.4) is 0 Å². The molecular weight excluding hydrogens is 203 g/mol. The van der Waals surface area contributed by atoms with Crippen LogP contribution in [0.5, 0.6) is 0 Å². The van der Waals surface area contributed by atoms with Gasteiger partial charge in [-0.3, -0.25) is 0 Å². The van der Waals surface area contributed by atoms with Gasteiger partial charge in [0.05, 0.1) is 0 Å². The molecule has 1 atom stereocenters. The van der Waals surface area contributed by atoms with Crippen LogP contribution in [0, 0.1) is 11.7 Å². The van der Waals surface area contributed by atoms with Crippen molar-refractivity contribution in [3.8, 4) is 0 Å². The molecule has 2 N–H and O–H groups in total. The highest BCUT2D eigenvalue weighted by Crippen LogP contribution is 2.36. The third-order valence-electron chi connectivity index (χ3n) is 3.43. The third kappa shape index (κ3) is 2.05. The van der Waals surface area contributed by atoms with E-state index in [2.05, 4.69) is 18.7 Å². The van der Waals surface area contributed by atoms with Crippen LogP contribution >= 0.6 is 0 Å². The minimum absolute atomic E-state index is 0.113. The van der Waals surface area contributed by atoms with E-state index in [-0.39, 0.29) is 11.4 Å². The van der Waals surface area contributed by atoms with Gasteiger partial charge in [-0.25, -0.2) is 4.39 Å². The fourth-order valence-corrected chi connectivity index (χ4v) is 2.62. The molecule has 1 aromatic carbocycles. The second-order valence-electron chi connectivity index (χ2n) is 5.21. The van der Waals surface area contributed by atoms with Crippen molar-refractivity contribution >= 4 is 5.69 Å². The zero-order chi connectivity index (χ0) is 11.8. The molecule has 0 aromatic heterocycles. The minimum Gasteiger partial charge on any atom is -0.366 e. The summed E-state index contributed by atoms with van der Waals surface area (Å²) in [7, 11) is 0. The number of anilines is 1. The van der Waals surface area contributed by atoms with Crippen LogP contribution in [-0.4, -0.2) is 18.6 Å². The van der Waals surface area contributed by atoms with Crippen molar-refractivity contribution in [2.45, 2.75) is 25.8 Å². The van der Waals surface area contributed by atoms with Gasteiger partial charge in [-0.2, -0.15) is 0 Å². The highest BCUT2D eigenvalue weighted by molar-refractivity contribution is 5.50. The lowest BCUT2D eigenvalue weighted by Gasteiger charge is -2.33. The fraction of sp³-hybridized carbons (Fsp3) is 0.538. The third-order valence-corrected chi connectivity index (χ3v) is 3.43. The Morgan fingerprint density at radius 1 is 1.38 bits per heavy atom. The summed E-state index contributed by atoms with van der Waals surface area (Å²) in [6.07, 6.45) is 1.10. The van der Waals surface area contributed by atoms with Crippen LogP contribution in [0.15, 0.2) is 24.3 Å². The van der Waals surface area contributed by atoms with E-state index in [4.69, 9.17) is 5.73 Å². The summed E-state index contributed by atoms with van der Waals surface area (Å²) < 4.78 is 12.9. The van der Waals surface area contributed by atoms with Crippen LogP contribution in [0.4, 0.5) is 10.1 Å². The summed E-state index contributed by atoms with van der Waals surface area (Å²) in [6, 6.07) is 6.72. The first-order chi connectivity index (χ1) is 7.53. The summed E-state index contributed by atoms with van der Waals surface area (Å²) in [5, 5.41) is 0. The predicted octanol–water partition coefficient (Wildman–Crippen LogP) is 2.39. The van der Waals surface area contributed by atoms with E-state index < -0.39 is 0 Å². The molecule has 0 radical (unpaired) electrons. The molecule has 3 heteroatoms. The quantitative estimate of drug-likeness (QED) is 0.832. The molecule has 88 valence electrons. The van der Waals surface area contributed by atoms with Crippen molar-refractivity contribution in [3.05, 3.63) is 30.1 Å². The first-order valence-corrected chi connectivity index (χ1v) is 5.76. The number of halogens is 1. The lowest BCUT2D eigenvalue weighted by Crippen LogP contribution is -2.38. The summed E-state index contributed by atoms with van der Waals surface area (Å²) in [5.41, 5.74) is 6.93. The Labute approximate surface area is 96.2 Å². The largest absolute Gasteiger partial charge is 0.366 e. The molecule has 2 nitrogen and oxygen atoms in total. The Kier molecular flexibility index (Phi) is 2.89. The molecule has 1 heterocycles. The smallest absolute Gasteiger partial charge is 0.123 e. The monoisotopic (exact) mass is 222 g/mol. The molecule has 0 amide bonds. The average Bonchev–Trinajstić information content (AvgIpc) is 2.55. The van der Waals surface area contributed by atoms with E-state index in [1.807, 2.05) is 12.1 Å². The van der Waals surface area contributed by atoms with Gasteiger partial charge in [0.1, 0.15) is 5.82 Å². The number of rotatable bonds is 2. The standard InChI is InChI=1S/C13H19FN2/c1-13(2)7-10(8-15)9-16(13)12-5-3-11(14)4-6-12/h3-6,10H,7-9,15H2,1-2H3. The molecule has 0 aliphatic carbocycles. The van der Waals surface area contributed by atoms with Crippen molar-refractivity contribution in [2.75, 3.05) is 18.0 Å². The van der Waals surface area contributed by atoms with Crippen molar-refractivity contribution in [2.24, 2.45) is 11.7 Å². The summed E-state index contributed by atoms with van der Waals surface area (Å²) in [6.45, 7) is 6.12. The number of hydrogen-bond donors (Lipinski definition) is 1. The van der Waals surface area contributed by atoms with E-state index in [1.165, 1.54) is 12.1 Å². The fourth-order valence-electron chi connectivity index (χ4n) is 2.62. The van der Waals surface area contributed by atoms with Gasteiger partial charge >= 0.3 is 0 Å². The maximum Gasteiger partial charge on any atom is 0.123 e. The summed E-state index contributed by atoms with van der Waals surface area (Å²) in [4.78, 5) is 2.32. The number of nitrogens with zero attached hydrogens (tertiary/aromatic N) is 1. The number of nitrogens with two attached hydrogens (primary N) is 1. The summed E-state index contributed by atoms with van der Waals surface area (Å²) >= 11 is 0. The van der Waals surface area contributed by atoms with Crippen LogP contribution in [0.1, 0.15) is 20.3 Å². The number of benzene rings is 1. The Morgan fingerprint density at radius 3 is 2.50 bits per heavy atom. The molecule has 1 aliphatic rings. The Balaban J connectivity index is 2.23. The van der Waals surface area contributed by atoms with Crippen LogP contribution in [-0.2, 0) is 0 Å². The van der Waals surface area contributed by atoms with E-state index in [0.29, 0.717) is 5.92 Å². The molecule has 2 rings (SSSR count). The second-order valence-corrected chi connectivity index (χ2v) is 5.21. The first-order valence-electron chi connectivity index (χ1n) is 5.76. The normalized spacial score (nSPS) is 23.8. The summed E-state index contributed by atoms with van der Waals surface area (Å²) in [5.74, 6) is 0.358. The highest BCUT2D eigenvalue weighted by Gasteiger charge is 2.37. The molecule has 1 aromatic rings. The first kappa shape index (κ1) is 11.4. The van der Waals surface area contributed by atoms with Gasteiger partial charge in [-0.15, -0.1) is 0 Å². The van der Waals surface area contributed by atoms with Gasteiger partial charge in [0.2, 0.25) is 0 Å². The molecule has 1 saturated heterocycles. The van der Waals surface area contributed by atoms with E-state index in [9.17, 15) is 4.39 Å². The molecule has 0 spiro atoms. The minimum atomic E-state index is -0.184. The molecule has 1 fully saturated rings. The maximum absolute atomic E-state index is 12.9. The lowest BCUT2D eigenvalue weighted by molar-refractivity contribution is 0.476. The topological polar surface area (TPSA) is 29.3 Å². The van der Waals surface area contributed by atoms with Crippen molar-refractivity contribution in [1.82, 2.24) is 0 Å². The molecule has 1 unspecified atom stereocenters. The zero-order valence-electron chi connectivity index (χ0n) is 9.91. The Hall–Kier alpha value is -1.09. The van der Waals surface area contributed by atoms with Crippen molar-refractivity contribution in [1.29, 1.82) is 0 Å². The highest BCUT2D eigenvalue weighted by atomic mass is 19.1. The van der Waals surface area contributed by atoms with Gasteiger partial charge < -0.3 is 10.6 Å². The molecule has 0 saturated carbocycles. The van der Waals surface area contributed by atoms with Crippen molar-refractivity contribution < 1.29 is 4.39 Å². The molecular formula is C13H19FN2. The van der Waals surface area contributed by atoms with Gasteiger partial charge in [0.25, 0.3) is 0 Å². The van der Waals surface area contributed by atoms with E-state index in [0.717, 1.165) is 25.2 Å². The molecule has 16 heavy (non-hydrogen) atoms. The Morgan fingerprint density at radius 2 is 2.00 bits per heavy atom. The lowest BCUT2D eigenvalue weighted by atomic mass is 9.96. The van der Waals surface area contributed by atoms with Crippen LogP contribution in [0.2, 0.25) is 0 Å². The van der Waals surface area contributed by atoms with E-state index >= 15 is 0 Å². The second kappa shape index (κ2) is 4.06. The van der Waals surface area contributed by atoms with Crippen LogP contribution in [0.25, 0.3) is 0 Å². The SMILES string of the molecule is CC1(C)CC(CN)CN1c1ccc(F)cc1.